The zero-order valence-corrected chi connectivity index (χ0v) is 23.8. The summed E-state index contributed by atoms with van der Waals surface area (Å²) >= 11 is 6.76. The summed E-state index contributed by atoms with van der Waals surface area (Å²) in [5.74, 6) is 2.02. The van der Waals surface area contributed by atoms with E-state index in [1.54, 1.807) is 25.3 Å². The Bertz CT molecular complexity index is 1480. The Morgan fingerprint density at radius 2 is 1.73 bits per heavy atom. The van der Waals surface area contributed by atoms with Crippen LogP contribution in [-0.4, -0.2) is 58.7 Å². The highest BCUT2D eigenvalue weighted by atomic mass is 35.5. The smallest absolute Gasteiger partial charge is 0.265 e. The van der Waals surface area contributed by atoms with Gasteiger partial charge in [0.1, 0.15) is 23.7 Å². The van der Waals surface area contributed by atoms with Crippen molar-refractivity contribution in [2.24, 2.45) is 0 Å². The van der Waals surface area contributed by atoms with Gasteiger partial charge >= 0.3 is 0 Å². The van der Waals surface area contributed by atoms with E-state index in [0.717, 1.165) is 48.7 Å². The molecule has 0 bridgehead atoms. The lowest BCUT2D eigenvalue weighted by molar-refractivity contribution is 0.128. The highest BCUT2D eigenvalue weighted by molar-refractivity contribution is 6.34. The number of nitrogens with one attached hydrogen (secondary N) is 1. The molecule has 1 N–H and O–H groups in total. The van der Waals surface area contributed by atoms with Crippen LogP contribution >= 0.6 is 11.6 Å². The fourth-order valence-electron chi connectivity index (χ4n) is 4.98. The number of hydrogen-bond donors (Lipinski definition) is 1. The molecule has 1 aliphatic rings. The number of alkyl halides is 2. The average Bonchev–Trinajstić information content (AvgIpc) is 2.95. The fourth-order valence-corrected chi connectivity index (χ4v) is 5.23. The van der Waals surface area contributed by atoms with Gasteiger partial charge in [0.05, 0.1) is 23.3 Å². The molecule has 3 heterocycles. The number of pyridine rings is 1. The van der Waals surface area contributed by atoms with Crippen molar-refractivity contribution in [1.82, 2.24) is 19.9 Å². The second-order valence-electron chi connectivity index (χ2n) is 10.8. The minimum Gasteiger partial charge on any atom is -0.497 e. The molecular formula is C30H33ClF2N6O. The second-order valence-corrected chi connectivity index (χ2v) is 11.2. The van der Waals surface area contributed by atoms with Gasteiger partial charge in [-0.1, -0.05) is 23.7 Å². The third-order valence-electron chi connectivity index (χ3n) is 7.28. The molecule has 0 spiro atoms. The van der Waals surface area contributed by atoms with Crippen LogP contribution in [0, 0.1) is 0 Å². The van der Waals surface area contributed by atoms with Crippen LogP contribution in [0.1, 0.15) is 38.3 Å². The number of aromatic nitrogens is 3. The van der Waals surface area contributed by atoms with E-state index in [-0.39, 0.29) is 16.8 Å². The minimum atomic E-state index is -2.72. The van der Waals surface area contributed by atoms with Crippen molar-refractivity contribution in [3.63, 3.8) is 0 Å². The minimum absolute atomic E-state index is 0.103. The molecule has 4 aromatic rings. The Hall–Kier alpha value is -3.56. The zero-order chi connectivity index (χ0) is 28.4. The van der Waals surface area contributed by atoms with E-state index in [9.17, 15) is 8.78 Å². The molecule has 10 heteroatoms. The molecule has 210 valence electrons. The van der Waals surface area contributed by atoms with E-state index in [1.165, 1.54) is 12.4 Å². The maximum Gasteiger partial charge on any atom is 0.265 e. The summed E-state index contributed by atoms with van der Waals surface area (Å²) in [6, 6.07) is 14.0. The predicted octanol–water partition coefficient (Wildman–Crippen LogP) is 6.82. The largest absolute Gasteiger partial charge is 0.497 e. The van der Waals surface area contributed by atoms with E-state index in [2.05, 4.69) is 50.8 Å². The van der Waals surface area contributed by atoms with Crippen LogP contribution in [0.5, 0.6) is 5.75 Å². The van der Waals surface area contributed by atoms with Gasteiger partial charge in [-0.25, -0.2) is 23.7 Å². The maximum absolute atomic E-state index is 14.1. The summed E-state index contributed by atoms with van der Waals surface area (Å²) < 4.78 is 33.4. The van der Waals surface area contributed by atoms with E-state index in [4.69, 9.17) is 16.3 Å². The van der Waals surface area contributed by atoms with E-state index < -0.39 is 6.43 Å². The lowest BCUT2D eigenvalue weighted by atomic mass is 10.0. The van der Waals surface area contributed by atoms with E-state index in [1.807, 2.05) is 24.3 Å². The second kappa shape index (κ2) is 11.5. The van der Waals surface area contributed by atoms with Gasteiger partial charge in [0, 0.05) is 54.8 Å². The first-order chi connectivity index (χ1) is 19.1. The molecule has 40 heavy (non-hydrogen) atoms. The Kier molecular flexibility index (Phi) is 8.05. The molecule has 1 aliphatic heterocycles. The number of rotatable bonds is 7. The molecule has 0 atom stereocenters. The topological polar surface area (TPSA) is 66.4 Å². The predicted molar refractivity (Wildman–Crippen MR) is 157 cm³/mol. The summed E-state index contributed by atoms with van der Waals surface area (Å²) in [7, 11) is 1.61. The first-order valence-corrected chi connectivity index (χ1v) is 13.6. The fraction of sp³-hybridized carbons (Fsp3) is 0.367. The van der Waals surface area contributed by atoms with Gasteiger partial charge in [-0.3, -0.25) is 4.90 Å². The monoisotopic (exact) mass is 566 g/mol. The Balaban J connectivity index is 1.45. The molecule has 0 aliphatic carbocycles. The highest BCUT2D eigenvalue weighted by Gasteiger charge is 2.27. The number of ether oxygens (including phenoxy) is 1. The Labute approximate surface area is 238 Å². The van der Waals surface area contributed by atoms with Crippen molar-refractivity contribution in [3.8, 4) is 17.0 Å². The van der Waals surface area contributed by atoms with Crippen LogP contribution in [0.15, 0.2) is 54.9 Å². The van der Waals surface area contributed by atoms with Crippen LogP contribution in [0.25, 0.3) is 22.2 Å². The van der Waals surface area contributed by atoms with Crippen LogP contribution in [0.3, 0.4) is 0 Å². The summed E-state index contributed by atoms with van der Waals surface area (Å²) in [5.41, 5.74) is 2.06. The molecule has 1 fully saturated rings. The van der Waals surface area contributed by atoms with Gasteiger partial charge in [0.2, 0.25) is 0 Å². The van der Waals surface area contributed by atoms with Gasteiger partial charge < -0.3 is 15.0 Å². The number of halogens is 3. The highest BCUT2D eigenvalue weighted by Crippen LogP contribution is 2.38. The summed E-state index contributed by atoms with van der Waals surface area (Å²) in [6.45, 7) is 10.6. The van der Waals surface area contributed by atoms with E-state index >= 15 is 0 Å². The third-order valence-corrected chi connectivity index (χ3v) is 7.59. The van der Waals surface area contributed by atoms with E-state index in [0.29, 0.717) is 28.5 Å². The number of benzene rings is 2. The molecule has 1 saturated heterocycles. The zero-order valence-electron chi connectivity index (χ0n) is 23.1. The quantitative estimate of drug-likeness (QED) is 0.263. The summed E-state index contributed by atoms with van der Waals surface area (Å²) in [5, 5.41) is 4.32. The van der Waals surface area contributed by atoms with Crippen molar-refractivity contribution in [3.05, 3.63) is 71.0 Å². The van der Waals surface area contributed by atoms with Crippen molar-refractivity contribution in [2.45, 2.75) is 39.3 Å². The van der Waals surface area contributed by atoms with Gasteiger partial charge in [-0.15, -0.1) is 0 Å². The molecule has 0 unspecified atom stereocenters. The van der Waals surface area contributed by atoms with Crippen LogP contribution in [0.2, 0.25) is 5.02 Å². The Morgan fingerprint density at radius 3 is 2.38 bits per heavy atom. The number of hydrogen-bond acceptors (Lipinski definition) is 7. The summed E-state index contributed by atoms with van der Waals surface area (Å²) in [6.07, 6.45) is -1.20. The van der Waals surface area contributed by atoms with Gasteiger partial charge in [0.25, 0.3) is 6.43 Å². The first-order valence-electron chi connectivity index (χ1n) is 13.2. The first kappa shape index (κ1) is 28.0. The molecule has 7 nitrogen and oxygen atoms in total. The third kappa shape index (κ3) is 5.95. The Morgan fingerprint density at radius 1 is 1.00 bits per heavy atom. The van der Waals surface area contributed by atoms with Crippen LogP contribution < -0.4 is 15.0 Å². The van der Waals surface area contributed by atoms with Crippen LogP contribution in [0.4, 0.5) is 20.4 Å². The maximum atomic E-state index is 14.1. The number of anilines is 2. The van der Waals surface area contributed by atoms with Crippen LogP contribution in [-0.2, 0) is 6.54 Å². The number of piperazine rings is 1. The molecule has 0 saturated carbocycles. The van der Waals surface area contributed by atoms with Crippen molar-refractivity contribution >= 4 is 34.1 Å². The van der Waals surface area contributed by atoms with Crippen molar-refractivity contribution in [2.75, 3.05) is 43.5 Å². The summed E-state index contributed by atoms with van der Waals surface area (Å²) in [4.78, 5) is 18.3. The molecule has 5 rings (SSSR count). The molecule has 0 radical (unpaired) electrons. The molecule has 2 aromatic carbocycles. The van der Waals surface area contributed by atoms with Gasteiger partial charge in [-0.05, 0) is 62.7 Å². The van der Waals surface area contributed by atoms with Gasteiger partial charge in [0.15, 0.2) is 0 Å². The van der Waals surface area contributed by atoms with Crippen molar-refractivity contribution < 1.29 is 13.5 Å². The SMILES string of the molecule is COc1ccc(CNc2ccc(C(F)F)c(-c3cc4ncnc(N5CCN(C(C)(C)C)CC5)c4cc3Cl)n2)cc1. The van der Waals surface area contributed by atoms with Crippen molar-refractivity contribution in [1.29, 1.82) is 0 Å². The van der Waals surface area contributed by atoms with Gasteiger partial charge in [-0.2, -0.15) is 0 Å². The lowest BCUT2D eigenvalue weighted by Gasteiger charge is -2.42. The standard InChI is InChI=1S/C30H33ClF2N6O/c1-30(2,3)39-13-11-38(12-14-39)29-23-15-24(31)22(16-25(23)35-18-36-29)27-21(28(32)33)9-10-26(37-27)34-17-19-5-7-20(40-4)8-6-19/h5-10,15-16,18,28H,11-14,17H2,1-4H3,(H,34,37). The molecule has 2 aromatic heterocycles. The number of fused-ring (bicyclic) bond motifs is 1. The number of nitrogens with zero attached hydrogens (tertiary/aromatic N) is 5. The molecular weight excluding hydrogens is 534 g/mol. The normalized spacial score (nSPS) is 14.7. The number of methoxy groups -OCH3 is 1. The lowest BCUT2D eigenvalue weighted by Crippen LogP contribution is -2.53. The average molecular weight is 567 g/mol. The molecule has 0 amide bonds.